The van der Waals surface area contributed by atoms with E-state index in [1.54, 1.807) is 30.3 Å². The van der Waals surface area contributed by atoms with E-state index < -0.39 is 0 Å². The molecule has 0 saturated carbocycles. The molecule has 0 saturated heterocycles. The predicted octanol–water partition coefficient (Wildman–Crippen LogP) is 4.38. The SMILES string of the molecule is Cc1cccc(NC(=O)c2ccc(I)c(Cl)c2)c1C#N. The molecule has 0 fully saturated rings. The molecule has 2 aromatic carbocycles. The fourth-order valence-electron chi connectivity index (χ4n) is 1.75. The van der Waals surface area contributed by atoms with E-state index in [4.69, 9.17) is 16.9 Å². The second-order valence-electron chi connectivity index (χ2n) is 4.19. The van der Waals surface area contributed by atoms with E-state index in [1.165, 1.54) is 0 Å². The van der Waals surface area contributed by atoms with Crippen molar-refractivity contribution < 1.29 is 4.79 Å². The lowest BCUT2D eigenvalue weighted by atomic mass is 10.1. The van der Waals surface area contributed by atoms with Crippen molar-refractivity contribution in [1.82, 2.24) is 0 Å². The van der Waals surface area contributed by atoms with Crippen LogP contribution in [-0.2, 0) is 0 Å². The summed E-state index contributed by atoms with van der Waals surface area (Å²) in [5, 5.41) is 12.4. The third-order valence-corrected chi connectivity index (χ3v) is 4.39. The van der Waals surface area contributed by atoms with Gasteiger partial charge in [0.15, 0.2) is 0 Å². The highest BCUT2D eigenvalue weighted by atomic mass is 127. The Labute approximate surface area is 135 Å². The first-order valence-corrected chi connectivity index (χ1v) is 7.24. The number of carbonyl (C=O) groups is 1. The van der Waals surface area contributed by atoms with E-state index in [2.05, 4.69) is 34.0 Å². The van der Waals surface area contributed by atoms with E-state index in [9.17, 15) is 4.79 Å². The van der Waals surface area contributed by atoms with Gasteiger partial charge in [0.25, 0.3) is 5.91 Å². The number of nitrogens with zero attached hydrogens (tertiary/aromatic N) is 1. The van der Waals surface area contributed by atoms with Gasteiger partial charge in [-0.2, -0.15) is 5.26 Å². The molecule has 0 aliphatic rings. The summed E-state index contributed by atoms with van der Waals surface area (Å²) in [6, 6.07) is 12.5. The Morgan fingerprint density at radius 3 is 2.75 bits per heavy atom. The Bertz CT molecular complexity index is 722. The zero-order valence-electron chi connectivity index (χ0n) is 10.6. The molecule has 2 rings (SSSR count). The Hall–Kier alpha value is -1.58. The third-order valence-electron chi connectivity index (χ3n) is 2.81. The predicted molar refractivity (Wildman–Crippen MR) is 88.0 cm³/mol. The zero-order valence-corrected chi connectivity index (χ0v) is 13.5. The number of hydrogen-bond donors (Lipinski definition) is 1. The molecule has 100 valence electrons. The fraction of sp³-hybridized carbons (Fsp3) is 0.0667. The minimum atomic E-state index is -0.287. The number of hydrogen-bond acceptors (Lipinski definition) is 2. The molecule has 0 heterocycles. The summed E-state index contributed by atoms with van der Waals surface area (Å²) in [5.41, 5.74) is 2.26. The summed E-state index contributed by atoms with van der Waals surface area (Å²) in [6.45, 7) is 1.83. The Morgan fingerprint density at radius 2 is 2.10 bits per heavy atom. The van der Waals surface area contributed by atoms with Crippen LogP contribution in [0.4, 0.5) is 5.69 Å². The number of anilines is 1. The summed E-state index contributed by atoms with van der Waals surface area (Å²) in [7, 11) is 0. The maximum Gasteiger partial charge on any atom is 0.255 e. The smallest absolute Gasteiger partial charge is 0.255 e. The van der Waals surface area contributed by atoms with Crippen LogP contribution < -0.4 is 5.32 Å². The largest absolute Gasteiger partial charge is 0.321 e. The van der Waals surface area contributed by atoms with Crippen molar-refractivity contribution in [2.24, 2.45) is 0 Å². The second-order valence-corrected chi connectivity index (χ2v) is 5.76. The highest BCUT2D eigenvalue weighted by Gasteiger charge is 2.11. The lowest BCUT2D eigenvalue weighted by molar-refractivity contribution is 0.102. The van der Waals surface area contributed by atoms with Crippen molar-refractivity contribution in [1.29, 1.82) is 5.26 Å². The topological polar surface area (TPSA) is 52.9 Å². The minimum absolute atomic E-state index is 0.287. The third kappa shape index (κ3) is 3.11. The molecule has 1 N–H and O–H groups in total. The molecule has 2 aromatic rings. The maximum absolute atomic E-state index is 12.2. The molecular weight excluding hydrogens is 387 g/mol. The number of carbonyl (C=O) groups excluding carboxylic acids is 1. The lowest BCUT2D eigenvalue weighted by Crippen LogP contribution is -2.13. The van der Waals surface area contributed by atoms with Gasteiger partial charge in [-0.15, -0.1) is 0 Å². The lowest BCUT2D eigenvalue weighted by Gasteiger charge is -2.09. The van der Waals surface area contributed by atoms with Crippen molar-refractivity contribution in [2.45, 2.75) is 6.92 Å². The summed E-state index contributed by atoms with van der Waals surface area (Å²) < 4.78 is 0.883. The van der Waals surface area contributed by atoms with Crippen LogP contribution in [0.25, 0.3) is 0 Å². The highest BCUT2D eigenvalue weighted by molar-refractivity contribution is 14.1. The summed E-state index contributed by atoms with van der Waals surface area (Å²) in [4.78, 5) is 12.2. The van der Waals surface area contributed by atoms with Crippen LogP contribution in [0, 0.1) is 21.8 Å². The summed E-state index contributed by atoms with van der Waals surface area (Å²) in [5.74, 6) is -0.287. The standard InChI is InChI=1S/C15H10ClIN2O/c1-9-3-2-4-14(11(9)8-18)19-15(20)10-5-6-13(17)12(16)7-10/h2-7H,1H3,(H,19,20). The van der Waals surface area contributed by atoms with E-state index >= 15 is 0 Å². The number of benzene rings is 2. The van der Waals surface area contributed by atoms with Crippen LogP contribution in [0.15, 0.2) is 36.4 Å². The highest BCUT2D eigenvalue weighted by Crippen LogP contribution is 2.22. The molecular formula is C15H10ClIN2O. The van der Waals surface area contributed by atoms with Gasteiger partial charge in [-0.1, -0.05) is 23.7 Å². The summed E-state index contributed by atoms with van der Waals surface area (Å²) >= 11 is 8.10. The Kier molecular flexibility index (Phi) is 4.63. The quantitative estimate of drug-likeness (QED) is 0.766. The maximum atomic E-state index is 12.2. The van der Waals surface area contributed by atoms with Gasteiger partial charge in [-0.3, -0.25) is 4.79 Å². The molecule has 20 heavy (non-hydrogen) atoms. The molecule has 3 nitrogen and oxygen atoms in total. The van der Waals surface area contributed by atoms with Crippen LogP contribution in [0.3, 0.4) is 0 Å². The van der Waals surface area contributed by atoms with Crippen molar-refractivity contribution in [3.63, 3.8) is 0 Å². The van der Waals surface area contributed by atoms with E-state index in [1.807, 2.05) is 13.0 Å². The van der Waals surface area contributed by atoms with Gasteiger partial charge in [0.05, 0.1) is 16.3 Å². The molecule has 0 spiro atoms. The molecule has 0 bridgehead atoms. The molecule has 1 amide bonds. The number of nitriles is 1. The van der Waals surface area contributed by atoms with E-state index in [-0.39, 0.29) is 5.91 Å². The molecule has 0 atom stereocenters. The number of aryl methyl sites for hydroxylation is 1. The minimum Gasteiger partial charge on any atom is -0.321 e. The number of nitrogens with one attached hydrogen (secondary N) is 1. The van der Waals surface area contributed by atoms with Crippen LogP contribution in [0.1, 0.15) is 21.5 Å². The summed E-state index contributed by atoms with van der Waals surface area (Å²) in [6.07, 6.45) is 0. The fourth-order valence-corrected chi connectivity index (χ4v) is 2.27. The Morgan fingerprint density at radius 1 is 1.35 bits per heavy atom. The van der Waals surface area contributed by atoms with Gasteiger partial charge < -0.3 is 5.32 Å². The average Bonchev–Trinajstić information content (AvgIpc) is 2.42. The number of rotatable bonds is 2. The van der Waals surface area contributed by atoms with Gasteiger partial charge in [0, 0.05) is 9.13 Å². The first-order valence-electron chi connectivity index (χ1n) is 5.79. The molecule has 0 unspecified atom stereocenters. The second kappa shape index (κ2) is 6.25. The molecule has 0 radical (unpaired) electrons. The van der Waals surface area contributed by atoms with Gasteiger partial charge in [0.2, 0.25) is 0 Å². The van der Waals surface area contributed by atoms with Crippen LogP contribution in [-0.4, -0.2) is 5.91 Å². The van der Waals surface area contributed by atoms with Crippen LogP contribution in [0.5, 0.6) is 0 Å². The van der Waals surface area contributed by atoms with Crippen molar-refractivity contribution in [2.75, 3.05) is 5.32 Å². The van der Waals surface area contributed by atoms with Crippen LogP contribution in [0.2, 0.25) is 5.02 Å². The number of halogens is 2. The van der Waals surface area contributed by atoms with Crippen LogP contribution >= 0.6 is 34.2 Å². The zero-order chi connectivity index (χ0) is 14.7. The normalized spacial score (nSPS) is 9.90. The average molecular weight is 397 g/mol. The van der Waals surface area contributed by atoms with Gasteiger partial charge in [-0.25, -0.2) is 0 Å². The number of amides is 1. The van der Waals surface area contributed by atoms with Gasteiger partial charge in [0.1, 0.15) is 6.07 Å². The van der Waals surface area contributed by atoms with E-state index in [0.29, 0.717) is 21.8 Å². The van der Waals surface area contributed by atoms with Gasteiger partial charge >= 0.3 is 0 Å². The van der Waals surface area contributed by atoms with E-state index in [0.717, 1.165) is 9.13 Å². The molecule has 5 heteroatoms. The molecule has 0 aliphatic heterocycles. The molecule has 0 aliphatic carbocycles. The van der Waals surface area contributed by atoms with Crippen molar-refractivity contribution in [3.05, 3.63) is 61.7 Å². The van der Waals surface area contributed by atoms with Crippen molar-refractivity contribution >= 4 is 45.8 Å². The first-order chi connectivity index (χ1) is 9.52. The monoisotopic (exact) mass is 396 g/mol. The van der Waals surface area contributed by atoms with Crippen molar-refractivity contribution in [3.8, 4) is 6.07 Å². The first kappa shape index (κ1) is 14.8. The Balaban J connectivity index is 2.31. The van der Waals surface area contributed by atoms with Gasteiger partial charge in [-0.05, 0) is 59.3 Å². The molecule has 0 aromatic heterocycles.